The van der Waals surface area contributed by atoms with E-state index in [0.717, 1.165) is 35.8 Å². The first-order chi connectivity index (χ1) is 17.3. The number of para-hydroxylation sites is 1. The number of cyclic esters (lactones) is 1. The number of urea groups is 1. The minimum Gasteiger partial charge on any atom is -0.446 e. The number of nitrogens with one attached hydrogen (secondary N) is 1. The van der Waals surface area contributed by atoms with E-state index in [4.69, 9.17) is 10.5 Å². The average molecular weight is 505 g/mol. The summed E-state index contributed by atoms with van der Waals surface area (Å²) in [6.07, 6.45) is -0.355. The lowest BCUT2D eigenvalue weighted by Crippen LogP contribution is -2.48. The van der Waals surface area contributed by atoms with Crippen molar-refractivity contribution in [3.8, 4) is 0 Å². The van der Waals surface area contributed by atoms with E-state index in [0.29, 0.717) is 31.6 Å². The third-order valence-electron chi connectivity index (χ3n) is 6.29. The van der Waals surface area contributed by atoms with Crippen LogP contribution >= 0.6 is 0 Å². The quantitative estimate of drug-likeness (QED) is 0.443. The predicted octanol–water partition coefficient (Wildman–Crippen LogP) is 2.62. The summed E-state index contributed by atoms with van der Waals surface area (Å²) >= 11 is 0. The molecule has 4 amide bonds. The molecule has 0 saturated carbocycles. The molecule has 2 aromatic rings. The Kier molecular flexibility index (Phi) is 7.63. The van der Waals surface area contributed by atoms with Gasteiger partial charge in [-0.3, -0.25) is 9.69 Å². The number of piperazine rings is 1. The maximum absolute atomic E-state index is 13.6. The van der Waals surface area contributed by atoms with Crippen molar-refractivity contribution in [1.82, 2.24) is 15.1 Å². The molecule has 2 fully saturated rings. The topological polar surface area (TPSA) is 108 Å². The monoisotopic (exact) mass is 505 g/mol. The lowest BCUT2D eigenvalue weighted by atomic mass is 10.1. The van der Waals surface area contributed by atoms with E-state index in [1.54, 1.807) is 12.1 Å². The zero-order valence-corrected chi connectivity index (χ0v) is 19.4. The molecule has 0 radical (unpaired) electrons. The van der Waals surface area contributed by atoms with E-state index in [1.807, 2.05) is 12.1 Å². The number of halogens is 3. The SMILES string of the molecule is NC(=O)c1ccccc1N1CCN(CCCNC(=O)N2C(=O)OCC2c2cc(F)c(F)c(F)c2)CC1. The van der Waals surface area contributed by atoms with Crippen LogP contribution in [0.2, 0.25) is 0 Å². The smallest absolute Gasteiger partial charge is 0.418 e. The van der Waals surface area contributed by atoms with Gasteiger partial charge in [-0.15, -0.1) is 0 Å². The van der Waals surface area contributed by atoms with E-state index in [2.05, 4.69) is 15.1 Å². The third kappa shape index (κ3) is 5.38. The number of carbonyl (C=O) groups excluding carboxylic acids is 3. The summed E-state index contributed by atoms with van der Waals surface area (Å²) in [4.78, 5) is 41.4. The number of ether oxygens (including phenoxy) is 1. The minimum atomic E-state index is -1.63. The number of primary amides is 1. The van der Waals surface area contributed by atoms with Crippen LogP contribution in [0.25, 0.3) is 0 Å². The average Bonchev–Trinajstić information content (AvgIpc) is 3.26. The Labute approximate surface area is 205 Å². The molecule has 2 aliphatic rings. The largest absolute Gasteiger partial charge is 0.446 e. The van der Waals surface area contributed by atoms with Gasteiger partial charge in [-0.05, 0) is 42.8 Å². The van der Waals surface area contributed by atoms with Crippen LogP contribution in [-0.2, 0) is 4.74 Å². The molecule has 0 bridgehead atoms. The first kappa shape index (κ1) is 25.3. The number of anilines is 1. The maximum atomic E-state index is 13.6. The summed E-state index contributed by atoms with van der Waals surface area (Å²) < 4.78 is 45.4. The Balaban J connectivity index is 1.25. The highest BCUT2D eigenvalue weighted by atomic mass is 19.2. The first-order valence-electron chi connectivity index (χ1n) is 11.5. The van der Waals surface area contributed by atoms with Crippen molar-refractivity contribution in [2.45, 2.75) is 12.5 Å². The molecule has 2 heterocycles. The highest BCUT2D eigenvalue weighted by molar-refractivity contribution is 5.98. The van der Waals surface area contributed by atoms with Gasteiger partial charge in [-0.25, -0.2) is 27.7 Å². The number of carbonyl (C=O) groups is 3. The molecule has 0 aromatic heterocycles. The highest BCUT2D eigenvalue weighted by Crippen LogP contribution is 2.29. The van der Waals surface area contributed by atoms with Crippen LogP contribution in [0.15, 0.2) is 36.4 Å². The van der Waals surface area contributed by atoms with Gasteiger partial charge in [-0.2, -0.15) is 0 Å². The number of nitrogens with two attached hydrogens (primary N) is 1. The van der Waals surface area contributed by atoms with Crippen LogP contribution in [0.1, 0.15) is 28.4 Å². The van der Waals surface area contributed by atoms with Gasteiger partial charge in [-0.1, -0.05) is 12.1 Å². The normalized spacial score (nSPS) is 18.3. The minimum absolute atomic E-state index is 0.0804. The number of hydrogen-bond acceptors (Lipinski definition) is 6. The lowest BCUT2D eigenvalue weighted by molar-refractivity contribution is 0.1000. The van der Waals surface area contributed by atoms with Crippen LogP contribution < -0.4 is 16.0 Å². The molecule has 3 N–H and O–H groups in total. The maximum Gasteiger partial charge on any atom is 0.418 e. The molecule has 0 aliphatic carbocycles. The van der Waals surface area contributed by atoms with Crippen molar-refractivity contribution in [3.05, 3.63) is 65.0 Å². The van der Waals surface area contributed by atoms with Gasteiger partial charge in [0.1, 0.15) is 12.6 Å². The van der Waals surface area contributed by atoms with Gasteiger partial charge in [0, 0.05) is 38.4 Å². The Morgan fingerprint density at radius 1 is 1.06 bits per heavy atom. The van der Waals surface area contributed by atoms with Gasteiger partial charge in [0.15, 0.2) is 17.5 Å². The molecule has 36 heavy (non-hydrogen) atoms. The molecule has 4 rings (SSSR count). The van der Waals surface area contributed by atoms with Crippen LogP contribution in [0.4, 0.5) is 28.4 Å². The molecule has 192 valence electrons. The number of amides is 4. The molecule has 9 nitrogen and oxygen atoms in total. The summed E-state index contributed by atoms with van der Waals surface area (Å²) in [5, 5.41) is 2.63. The lowest BCUT2D eigenvalue weighted by Gasteiger charge is -2.36. The molecular weight excluding hydrogens is 479 g/mol. The number of imide groups is 1. The second-order valence-electron chi connectivity index (χ2n) is 8.56. The van der Waals surface area contributed by atoms with Gasteiger partial charge < -0.3 is 20.7 Å². The van der Waals surface area contributed by atoms with Crippen molar-refractivity contribution in [3.63, 3.8) is 0 Å². The van der Waals surface area contributed by atoms with Gasteiger partial charge in [0.2, 0.25) is 0 Å². The van der Waals surface area contributed by atoms with E-state index >= 15 is 0 Å². The summed E-state index contributed by atoms with van der Waals surface area (Å²) in [5.74, 6) is -4.92. The first-order valence-corrected chi connectivity index (χ1v) is 11.5. The number of rotatable bonds is 7. The standard InChI is InChI=1S/C24H26F3N5O4/c25-17-12-15(13-18(26)21(17)27)20-14-36-24(35)32(20)23(34)29-6-3-7-30-8-10-31(11-9-30)19-5-2-1-4-16(19)22(28)33/h1-2,4-5,12-13,20H,3,6-11,14H2,(H2,28,33)(H,29,34). The van der Waals surface area contributed by atoms with Crippen molar-refractivity contribution in [1.29, 1.82) is 0 Å². The Morgan fingerprint density at radius 2 is 1.72 bits per heavy atom. The number of benzene rings is 2. The van der Waals surface area contributed by atoms with Crippen LogP contribution in [0.3, 0.4) is 0 Å². The zero-order chi connectivity index (χ0) is 25.8. The second kappa shape index (κ2) is 10.9. The zero-order valence-electron chi connectivity index (χ0n) is 19.4. The van der Waals surface area contributed by atoms with Crippen LogP contribution in [0, 0.1) is 17.5 Å². The van der Waals surface area contributed by atoms with Gasteiger partial charge in [0.25, 0.3) is 5.91 Å². The molecule has 2 aromatic carbocycles. The Bertz CT molecular complexity index is 1130. The number of nitrogens with zero attached hydrogens (tertiary/aromatic N) is 3. The molecule has 0 spiro atoms. The fraction of sp³-hybridized carbons (Fsp3) is 0.375. The van der Waals surface area contributed by atoms with Crippen molar-refractivity contribution < 1.29 is 32.3 Å². The summed E-state index contributed by atoms with van der Waals surface area (Å²) in [6, 6.07) is 6.86. The summed E-state index contributed by atoms with van der Waals surface area (Å²) in [7, 11) is 0. The van der Waals surface area contributed by atoms with Crippen LogP contribution in [0.5, 0.6) is 0 Å². The molecule has 12 heteroatoms. The van der Waals surface area contributed by atoms with Crippen LogP contribution in [-0.4, -0.2) is 73.7 Å². The van der Waals surface area contributed by atoms with E-state index in [9.17, 15) is 27.6 Å². The second-order valence-corrected chi connectivity index (χ2v) is 8.56. The summed E-state index contributed by atoms with van der Waals surface area (Å²) in [5.41, 5.74) is 6.69. The Hall–Kier alpha value is -3.80. The van der Waals surface area contributed by atoms with E-state index in [-0.39, 0.29) is 18.7 Å². The van der Waals surface area contributed by atoms with E-state index in [1.165, 1.54) is 0 Å². The molecule has 2 saturated heterocycles. The highest BCUT2D eigenvalue weighted by Gasteiger charge is 2.39. The van der Waals surface area contributed by atoms with E-state index < -0.39 is 41.5 Å². The fourth-order valence-electron chi connectivity index (χ4n) is 4.41. The number of hydrogen-bond donors (Lipinski definition) is 2. The van der Waals surface area contributed by atoms with Gasteiger partial charge >= 0.3 is 12.1 Å². The Morgan fingerprint density at radius 3 is 2.39 bits per heavy atom. The molecule has 1 unspecified atom stereocenters. The van der Waals surface area contributed by atoms with Crippen molar-refractivity contribution >= 4 is 23.7 Å². The van der Waals surface area contributed by atoms with Gasteiger partial charge in [0.05, 0.1) is 5.56 Å². The van der Waals surface area contributed by atoms with Crippen molar-refractivity contribution in [2.75, 3.05) is 50.8 Å². The molecule has 2 aliphatic heterocycles. The third-order valence-corrected chi connectivity index (χ3v) is 6.29. The predicted molar refractivity (Wildman–Crippen MR) is 124 cm³/mol. The molecule has 1 atom stereocenters. The fourth-order valence-corrected chi connectivity index (χ4v) is 4.41. The summed E-state index contributed by atoms with van der Waals surface area (Å²) in [6.45, 7) is 3.58. The van der Waals surface area contributed by atoms with Crippen molar-refractivity contribution in [2.24, 2.45) is 5.73 Å². The molecular formula is C24H26F3N5O4.